The van der Waals surface area contributed by atoms with Crippen LogP contribution in [0.3, 0.4) is 0 Å². The van der Waals surface area contributed by atoms with Crippen LogP contribution in [-0.4, -0.2) is 38.2 Å². The lowest BCUT2D eigenvalue weighted by Crippen LogP contribution is -2.01. The minimum atomic E-state index is 0.175. The lowest BCUT2D eigenvalue weighted by atomic mass is 10.4. The minimum Gasteiger partial charge on any atom is -0.396 e. The van der Waals surface area contributed by atoms with Gasteiger partial charge in [0.1, 0.15) is 11.8 Å². The van der Waals surface area contributed by atoms with Crippen molar-refractivity contribution >= 4 is 17.0 Å². The number of H-pyrrole nitrogens is 1. The first-order chi connectivity index (χ1) is 7.92. The molecule has 2 aromatic heterocycles. The Labute approximate surface area is 92.5 Å². The molecule has 0 unspecified atom stereocenters. The number of nitrogens with zero attached hydrogens (tertiary/aromatic N) is 3. The number of anilines is 1. The zero-order valence-corrected chi connectivity index (χ0v) is 8.72. The molecule has 0 fully saturated rings. The number of hydrogen-bond acceptors (Lipinski definition) is 5. The highest BCUT2D eigenvalue weighted by Crippen LogP contribution is 2.13. The van der Waals surface area contributed by atoms with Gasteiger partial charge in [0, 0.05) is 13.2 Å². The van der Waals surface area contributed by atoms with Crippen LogP contribution >= 0.6 is 0 Å². The van der Waals surface area contributed by atoms with E-state index < -0.39 is 0 Å². The normalized spacial score (nSPS) is 11.3. The van der Waals surface area contributed by atoms with E-state index >= 15 is 0 Å². The Bertz CT molecular complexity index is 479. The predicted octanol–water partition coefficient (Wildman–Crippen LogP) is 0.703. The molecule has 2 aromatic rings. The highest BCUT2D eigenvalue weighted by atomic mass is 16.2. The smallest absolute Gasteiger partial charge is 0.182 e. The van der Waals surface area contributed by atoms with Gasteiger partial charge in [0.15, 0.2) is 11.5 Å². The maximum atomic E-state index is 8.59. The Morgan fingerprint density at radius 3 is 3.12 bits per heavy atom. The third-order valence-corrected chi connectivity index (χ3v) is 2.07. The minimum absolute atomic E-state index is 0.175. The molecule has 0 saturated carbocycles. The molecule has 0 aliphatic carbocycles. The van der Waals surface area contributed by atoms with E-state index in [2.05, 4.69) is 25.3 Å². The first kappa shape index (κ1) is 10.6. The maximum absolute atomic E-state index is 8.59. The molecule has 0 aromatic carbocycles. The summed E-state index contributed by atoms with van der Waals surface area (Å²) < 4.78 is 0. The van der Waals surface area contributed by atoms with Crippen LogP contribution in [0.5, 0.6) is 0 Å². The van der Waals surface area contributed by atoms with E-state index in [0.29, 0.717) is 18.6 Å². The van der Waals surface area contributed by atoms with Gasteiger partial charge < -0.3 is 15.4 Å². The lowest BCUT2D eigenvalue weighted by Gasteiger charge is -2.01. The number of nitrogens with one attached hydrogen (secondary N) is 2. The summed E-state index contributed by atoms with van der Waals surface area (Å²) in [6, 6.07) is 0. The Morgan fingerprint density at radius 2 is 2.25 bits per heavy atom. The van der Waals surface area contributed by atoms with Crippen LogP contribution in [-0.2, 0) is 0 Å². The number of aliphatic hydroxyl groups excluding tert-OH is 1. The molecule has 3 N–H and O–H groups in total. The van der Waals surface area contributed by atoms with E-state index in [1.54, 1.807) is 6.33 Å². The lowest BCUT2D eigenvalue weighted by molar-refractivity contribution is 0.302. The fourth-order valence-electron chi connectivity index (χ4n) is 1.33. The van der Waals surface area contributed by atoms with Crippen molar-refractivity contribution in [2.24, 2.45) is 0 Å². The summed E-state index contributed by atoms with van der Waals surface area (Å²) >= 11 is 0. The van der Waals surface area contributed by atoms with Crippen LogP contribution in [0.1, 0.15) is 6.42 Å². The number of hydrogen-bond donors (Lipinski definition) is 3. The summed E-state index contributed by atoms with van der Waals surface area (Å²) in [5.74, 6) is 0.733. The van der Waals surface area contributed by atoms with Gasteiger partial charge in [0.05, 0.1) is 6.33 Å². The first-order valence-corrected chi connectivity index (χ1v) is 5.05. The van der Waals surface area contributed by atoms with Gasteiger partial charge >= 0.3 is 0 Å². The van der Waals surface area contributed by atoms with Gasteiger partial charge in [-0.2, -0.15) is 0 Å². The third kappa shape index (κ3) is 2.34. The predicted molar refractivity (Wildman–Crippen MR) is 61.0 cm³/mol. The van der Waals surface area contributed by atoms with E-state index in [9.17, 15) is 0 Å². The van der Waals surface area contributed by atoms with E-state index in [-0.39, 0.29) is 6.61 Å². The summed E-state index contributed by atoms with van der Waals surface area (Å²) in [7, 11) is 0. The fourth-order valence-corrected chi connectivity index (χ4v) is 1.33. The zero-order chi connectivity index (χ0) is 11.2. The largest absolute Gasteiger partial charge is 0.396 e. The summed E-state index contributed by atoms with van der Waals surface area (Å²) in [6.07, 6.45) is 7.60. The maximum Gasteiger partial charge on any atom is 0.182 e. The average Bonchev–Trinajstić information content (AvgIpc) is 2.77. The third-order valence-electron chi connectivity index (χ3n) is 2.07. The second-order valence-electron chi connectivity index (χ2n) is 3.19. The molecule has 6 heteroatoms. The Hall–Kier alpha value is -1.95. The summed E-state index contributed by atoms with van der Waals surface area (Å²) in [5, 5.41) is 11.7. The summed E-state index contributed by atoms with van der Waals surface area (Å²) in [5.41, 5.74) is 1.45. The molecule has 0 spiro atoms. The van der Waals surface area contributed by atoms with Crippen LogP contribution in [0.25, 0.3) is 11.2 Å². The van der Waals surface area contributed by atoms with Gasteiger partial charge in [0.25, 0.3) is 0 Å². The van der Waals surface area contributed by atoms with Crippen molar-refractivity contribution in [2.45, 2.75) is 6.42 Å². The van der Waals surface area contributed by atoms with Crippen LogP contribution in [0.2, 0.25) is 0 Å². The van der Waals surface area contributed by atoms with Gasteiger partial charge in [-0.3, -0.25) is 0 Å². The van der Waals surface area contributed by atoms with Gasteiger partial charge in [-0.15, -0.1) is 0 Å². The highest BCUT2D eigenvalue weighted by molar-refractivity contribution is 5.81. The second kappa shape index (κ2) is 5.22. The van der Waals surface area contributed by atoms with Crippen molar-refractivity contribution in [2.75, 3.05) is 18.5 Å². The molecule has 0 bridgehead atoms. The van der Waals surface area contributed by atoms with E-state index in [4.69, 9.17) is 5.11 Å². The molecule has 0 saturated heterocycles. The highest BCUT2D eigenvalue weighted by Gasteiger charge is 2.03. The number of imidazole rings is 1. The second-order valence-corrected chi connectivity index (χ2v) is 3.19. The molecular weight excluding hydrogens is 206 g/mol. The number of aromatic nitrogens is 4. The van der Waals surface area contributed by atoms with Crippen LogP contribution in [0.4, 0.5) is 5.82 Å². The molecule has 6 nitrogen and oxygen atoms in total. The van der Waals surface area contributed by atoms with Crippen molar-refractivity contribution in [1.29, 1.82) is 0 Å². The standard InChI is InChI=1S/C10H13N5O/c16-5-3-1-2-4-11-9-8-10(13-6-12-8)15-7-14-9/h1-2,6-7,16H,3-5H2,(H2,11,12,13,14,15)/b2-1-. The van der Waals surface area contributed by atoms with Crippen molar-refractivity contribution < 1.29 is 5.11 Å². The van der Waals surface area contributed by atoms with Gasteiger partial charge in [-0.25, -0.2) is 15.0 Å². The molecular formula is C10H13N5O. The molecule has 84 valence electrons. The number of fused-ring (bicyclic) bond motifs is 1. The van der Waals surface area contributed by atoms with E-state index in [0.717, 1.165) is 11.3 Å². The molecule has 2 heterocycles. The Kier molecular flexibility index (Phi) is 3.45. The van der Waals surface area contributed by atoms with Crippen LogP contribution < -0.4 is 5.32 Å². The molecule has 0 aliphatic heterocycles. The molecule has 2 rings (SSSR count). The van der Waals surface area contributed by atoms with Crippen molar-refractivity contribution in [1.82, 2.24) is 19.9 Å². The monoisotopic (exact) mass is 219 g/mol. The van der Waals surface area contributed by atoms with E-state index in [1.807, 2.05) is 12.2 Å². The van der Waals surface area contributed by atoms with Crippen LogP contribution in [0, 0.1) is 0 Å². The van der Waals surface area contributed by atoms with Crippen molar-refractivity contribution in [3.05, 3.63) is 24.8 Å². The zero-order valence-electron chi connectivity index (χ0n) is 8.72. The molecule has 0 amide bonds. The molecule has 0 atom stereocenters. The quantitative estimate of drug-likeness (QED) is 0.644. The van der Waals surface area contributed by atoms with Gasteiger partial charge in [-0.05, 0) is 6.42 Å². The summed E-state index contributed by atoms with van der Waals surface area (Å²) in [4.78, 5) is 15.2. The van der Waals surface area contributed by atoms with E-state index in [1.165, 1.54) is 6.33 Å². The van der Waals surface area contributed by atoms with Crippen molar-refractivity contribution in [3.63, 3.8) is 0 Å². The SMILES string of the molecule is OCC/C=C\CNc1ncnc2nc[nH]c12. The molecule has 16 heavy (non-hydrogen) atoms. The topological polar surface area (TPSA) is 86.7 Å². The average molecular weight is 219 g/mol. The summed E-state index contributed by atoms with van der Waals surface area (Å²) in [6.45, 7) is 0.833. The van der Waals surface area contributed by atoms with Crippen molar-refractivity contribution in [3.8, 4) is 0 Å². The first-order valence-electron chi connectivity index (χ1n) is 5.05. The Morgan fingerprint density at radius 1 is 1.31 bits per heavy atom. The van der Waals surface area contributed by atoms with Gasteiger partial charge in [0.2, 0.25) is 0 Å². The molecule has 0 aliphatic rings. The number of aromatic amines is 1. The Balaban J connectivity index is 2.01. The molecule has 0 radical (unpaired) electrons. The number of rotatable bonds is 5. The number of aliphatic hydroxyl groups is 1. The van der Waals surface area contributed by atoms with Gasteiger partial charge in [-0.1, -0.05) is 12.2 Å². The fraction of sp³-hybridized carbons (Fsp3) is 0.300. The van der Waals surface area contributed by atoms with Crippen LogP contribution in [0.15, 0.2) is 24.8 Å².